The standard InChI is InChI=1S/C17H11Cl2F3N4O3/c1-28-12-4-2-3-11(23-12)24-16-25-14(17(20,21)22)13(15(27)26-16)29-8-5-6-9(18)10(19)7-8/h2-7H,1H3,(H2,23,24,25,26,27). The van der Waals surface area contributed by atoms with Gasteiger partial charge in [0.15, 0.2) is 5.69 Å². The minimum atomic E-state index is -4.97. The molecular weight excluding hydrogens is 436 g/mol. The molecule has 0 saturated carbocycles. The highest BCUT2D eigenvalue weighted by Gasteiger charge is 2.39. The summed E-state index contributed by atoms with van der Waals surface area (Å²) in [6.07, 6.45) is -4.97. The molecule has 0 aliphatic heterocycles. The first-order valence-corrected chi connectivity index (χ1v) is 8.55. The molecule has 2 aromatic heterocycles. The summed E-state index contributed by atoms with van der Waals surface area (Å²) in [7, 11) is 1.38. The molecule has 12 heteroatoms. The van der Waals surface area contributed by atoms with E-state index < -0.39 is 29.1 Å². The number of ether oxygens (including phenoxy) is 2. The Balaban J connectivity index is 2.01. The van der Waals surface area contributed by atoms with E-state index in [1.165, 1.54) is 37.4 Å². The number of benzene rings is 1. The van der Waals surface area contributed by atoms with Gasteiger partial charge < -0.3 is 14.8 Å². The van der Waals surface area contributed by atoms with Crippen molar-refractivity contribution in [2.75, 3.05) is 12.4 Å². The average molecular weight is 447 g/mol. The third-order valence-electron chi connectivity index (χ3n) is 3.44. The molecule has 0 fully saturated rings. The third kappa shape index (κ3) is 4.90. The van der Waals surface area contributed by atoms with E-state index in [0.29, 0.717) is 0 Å². The van der Waals surface area contributed by atoms with Gasteiger partial charge in [-0.3, -0.25) is 9.78 Å². The van der Waals surface area contributed by atoms with E-state index in [9.17, 15) is 18.0 Å². The molecule has 0 radical (unpaired) electrons. The topological polar surface area (TPSA) is 89.1 Å². The van der Waals surface area contributed by atoms with E-state index in [-0.39, 0.29) is 27.5 Å². The molecule has 152 valence electrons. The van der Waals surface area contributed by atoms with Gasteiger partial charge in [-0.15, -0.1) is 0 Å². The molecule has 0 unspecified atom stereocenters. The Morgan fingerprint density at radius 3 is 2.52 bits per heavy atom. The zero-order valence-corrected chi connectivity index (χ0v) is 16.0. The Labute approximate surface area is 171 Å². The molecule has 0 aliphatic rings. The van der Waals surface area contributed by atoms with Gasteiger partial charge in [0.1, 0.15) is 11.6 Å². The van der Waals surface area contributed by atoms with Crippen LogP contribution in [0.25, 0.3) is 0 Å². The number of pyridine rings is 1. The maximum absolute atomic E-state index is 13.5. The Bertz CT molecular complexity index is 1110. The van der Waals surface area contributed by atoms with Crippen LogP contribution < -0.4 is 20.3 Å². The van der Waals surface area contributed by atoms with E-state index in [0.717, 1.165) is 0 Å². The molecule has 3 rings (SSSR count). The van der Waals surface area contributed by atoms with E-state index >= 15 is 0 Å². The molecule has 2 N–H and O–H groups in total. The van der Waals surface area contributed by atoms with Gasteiger partial charge in [0, 0.05) is 12.1 Å². The maximum atomic E-state index is 13.5. The fraction of sp³-hybridized carbons (Fsp3) is 0.118. The lowest BCUT2D eigenvalue weighted by Gasteiger charge is -2.14. The summed E-state index contributed by atoms with van der Waals surface area (Å²) in [6.45, 7) is 0. The van der Waals surface area contributed by atoms with Gasteiger partial charge >= 0.3 is 6.18 Å². The molecule has 7 nitrogen and oxygen atoms in total. The first kappa shape index (κ1) is 20.7. The van der Waals surface area contributed by atoms with Crippen molar-refractivity contribution in [3.63, 3.8) is 0 Å². The number of nitrogens with zero attached hydrogens (tertiary/aromatic N) is 2. The molecular formula is C17H11Cl2F3N4O3. The summed E-state index contributed by atoms with van der Waals surface area (Å²) < 4.78 is 50.6. The van der Waals surface area contributed by atoms with E-state index in [4.69, 9.17) is 32.7 Å². The van der Waals surface area contributed by atoms with Crippen LogP contribution in [-0.2, 0) is 6.18 Å². The van der Waals surface area contributed by atoms with Crippen molar-refractivity contribution < 1.29 is 22.6 Å². The van der Waals surface area contributed by atoms with Crippen molar-refractivity contribution in [1.82, 2.24) is 15.0 Å². The molecule has 3 aromatic rings. The van der Waals surface area contributed by atoms with Crippen molar-refractivity contribution in [2.45, 2.75) is 6.18 Å². The van der Waals surface area contributed by atoms with Crippen LogP contribution in [0, 0.1) is 0 Å². The van der Waals surface area contributed by atoms with Crippen LogP contribution >= 0.6 is 23.2 Å². The van der Waals surface area contributed by atoms with Crippen molar-refractivity contribution in [3.05, 3.63) is 62.5 Å². The molecule has 29 heavy (non-hydrogen) atoms. The van der Waals surface area contributed by atoms with Crippen molar-refractivity contribution in [1.29, 1.82) is 0 Å². The minimum absolute atomic E-state index is 0.0458. The van der Waals surface area contributed by atoms with Gasteiger partial charge in [-0.1, -0.05) is 29.3 Å². The number of anilines is 2. The second-order valence-corrected chi connectivity index (χ2v) is 6.27. The maximum Gasteiger partial charge on any atom is 0.437 e. The number of rotatable bonds is 5. The lowest BCUT2D eigenvalue weighted by molar-refractivity contribution is -0.142. The second-order valence-electron chi connectivity index (χ2n) is 5.46. The van der Waals surface area contributed by atoms with Crippen LogP contribution in [0.5, 0.6) is 17.4 Å². The van der Waals surface area contributed by atoms with Crippen LogP contribution in [0.15, 0.2) is 41.2 Å². The quantitative estimate of drug-likeness (QED) is 0.570. The van der Waals surface area contributed by atoms with Crippen LogP contribution in [0.1, 0.15) is 5.69 Å². The monoisotopic (exact) mass is 446 g/mol. The summed E-state index contributed by atoms with van der Waals surface area (Å²) in [4.78, 5) is 21.9. The molecule has 2 heterocycles. The van der Waals surface area contributed by atoms with Gasteiger partial charge in [-0.2, -0.15) is 18.2 Å². The summed E-state index contributed by atoms with van der Waals surface area (Å²) in [5.41, 5.74) is -2.69. The number of methoxy groups -OCH3 is 1. The van der Waals surface area contributed by atoms with Crippen LogP contribution in [-0.4, -0.2) is 22.1 Å². The number of H-pyrrole nitrogens is 1. The largest absolute Gasteiger partial charge is 0.481 e. The predicted octanol–water partition coefficient (Wildman–Crippen LogP) is 5.04. The zero-order chi connectivity index (χ0) is 21.2. The van der Waals surface area contributed by atoms with Gasteiger partial charge in [0.25, 0.3) is 5.56 Å². The highest BCUT2D eigenvalue weighted by Crippen LogP contribution is 2.36. The number of alkyl halides is 3. The number of aromatic nitrogens is 3. The van der Waals surface area contributed by atoms with Crippen LogP contribution in [0.2, 0.25) is 10.0 Å². The number of nitrogens with one attached hydrogen (secondary N) is 2. The van der Waals surface area contributed by atoms with E-state index in [1.807, 2.05) is 0 Å². The van der Waals surface area contributed by atoms with Crippen LogP contribution in [0.4, 0.5) is 24.9 Å². The van der Waals surface area contributed by atoms with Gasteiger partial charge in [0.2, 0.25) is 17.6 Å². The van der Waals surface area contributed by atoms with Crippen LogP contribution in [0.3, 0.4) is 0 Å². The Kier molecular flexibility index (Phi) is 5.85. The van der Waals surface area contributed by atoms with Gasteiger partial charge in [0.05, 0.1) is 17.2 Å². The molecule has 0 atom stereocenters. The lowest BCUT2D eigenvalue weighted by atomic mass is 10.3. The first-order chi connectivity index (χ1) is 13.7. The highest BCUT2D eigenvalue weighted by molar-refractivity contribution is 6.42. The first-order valence-electron chi connectivity index (χ1n) is 7.80. The summed E-state index contributed by atoms with van der Waals surface area (Å²) in [5.74, 6) is -1.32. The fourth-order valence-electron chi connectivity index (χ4n) is 2.19. The number of hydrogen-bond donors (Lipinski definition) is 2. The smallest absolute Gasteiger partial charge is 0.437 e. The molecule has 0 amide bonds. The summed E-state index contributed by atoms with van der Waals surface area (Å²) in [5, 5.41) is 2.71. The molecule has 0 bridgehead atoms. The zero-order valence-electron chi connectivity index (χ0n) is 14.5. The number of halogens is 5. The molecule has 0 spiro atoms. The van der Waals surface area contributed by atoms with E-state index in [2.05, 4.69) is 20.3 Å². The number of aromatic amines is 1. The summed E-state index contributed by atoms with van der Waals surface area (Å²) >= 11 is 11.6. The normalized spacial score (nSPS) is 11.2. The Morgan fingerprint density at radius 2 is 1.86 bits per heavy atom. The Morgan fingerprint density at radius 1 is 1.10 bits per heavy atom. The number of hydrogen-bond acceptors (Lipinski definition) is 6. The third-order valence-corrected chi connectivity index (χ3v) is 4.17. The minimum Gasteiger partial charge on any atom is -0.481 e. The highest BCUT2D eigenvalue weighted by atomic mass is 35.5. The molecule has 1 aromatic carbocycles. The predicted molar refractivity (Wildman–Crippen MR) is 100 cm³/mol. The molecule has 0 saturated heterocycles. The molecule has 0 aliphatic carbocycles. The van der Waals surface area contributed by atoms with E-state index in [1.54, 1.807) is 6.07 Å². The van der Waals surface area contributed by atoms with Crippen molar-refractivity contribution in [3.8, 4) is 17.4 Å². The lowest BCUT2D eigenvalue weighted by Crippen LogP contribution is -2.21. The average Bonchev–Trinajstić information content (AvgIpc) is 2.66. The summed E-state index contributed by atoms with van der Waals surface area (Å²) in [6, 6.07) is 8.31. The van der Waals surface area contributed by atoms with Crippen molar-refractivity contribution >= 4 is 35.0 Å². The van der Waals surface area contributed by atoms with Gasteiger partial charge in [-0.05, 0) is 18.2 Å². The fourth-order valence-corrected chi connectivity index (χ4v) is 2.47. The van der Waals surface area contributed by atoms with Gasteiger partial charge in [-0.25, -0.2) is 4.98 Å². The SMILES string of the molecule is COc1cccc(Nc2nc(C(F)(F)F)c(Oc3ccc(Cl)c(Cl)c3)c(=O)[nH]2)n1. The second kappa shape index (κ2) is 8.18. The Hall–Kier alpha value is -2.98. The van der Waals surface area contributed by atoms with Crippen molar-refractivity contribution in [2.24, 2.45) is 0 Å².